The van der Waals surface area contributed by atoms with Gasteiger partial charge in [0, 0.05) is 30.0 Å². The van der Waals surface area contributed by atoms with Gasteiger partial charge >= 0.3 is 0 Å². The molecule has 0 radical (unpaired) electrons. The fraction of sp³-hybridized carbons (Fsp3) is 0.389. The van der Waals surface area contributed by atoms with Crippen LogP contribution in [0.25, 0.3) is 17.0 Å². The van der Waals surface area contributed by atoms with Crippen LogP contribution in [0.5, 0.6) is 0 Å². The zero-order valence-electron chi connectivity index (χ0n) is 15.1. The lowest BCUT2D eigenvalue weighted by Gasteiger charge is -2.04. The molecule has 0 aliphatic heterocycles. The number of hydrogen-bond donors (Lipinski definition) is 0. The Morgan fingerprint density at radius 3 is 2.69 bits per heavy atom. The molecule has 0 N–H and O–H groups in total. The van der Waals surface area contributed by atoms with E-state index in [1.165, 1.54) is 4.88 Å². The maximum absolute atomic E-state index is 4.77. The largest absolute Gasteiger partial charge is 0.266 e. The standard InChI is InChI=1S/C18H19N7S/c1-9-5-15(23-25-10(2)20-21-18(9)25)16-7-14(22-24(16)4)12-6-13(12)17-8-19-11(3)26-17/h5,7-8,12-13H,6H2,1-4H3/t12-,13-/m1/s1. The van der Waals surface area contributed by atoms with Gasteiger partial charge in [0.05, 0.1) is 16.4 Å². The second-order valence-electron chi connectivity index (χ2n) is 7.00. The molecule has 0 saturated heterocycles. The molecular weight excluding hydrogens is 346 g/mol. The number of fused-ring (bicyclic) bond motifs is 1. The average molecular weight is 365 g/mol. The van der Waals surface area contributed by atoms with Crippen LogP contribution < -0.4 is 0 Å². The molecular formula is C18H19N7S. The summed E-state index contributed by atoms with van der Waals surface area (Å²) in [5.74, 6) is 1.83. The van der Waals surface area contributed by atoms with Gasteiger partial charge in [0.25, 0.3) is 0 Å². The van der Waals surface area contributed by atoms with Crippen molar-refractivity contribution in [2.75, 3.05) is 0 Å². The third-order valence-electron chi connectivity index (χ3n) is 5.05. The summed E-state index contributed by atoms with van der Waals surface area (Å²) in [5.41, 5.74) is 4.91. The van der Waals surface area contributed by atoms with Crippen molar-refractivity contribution in [3.8, 4) is 11.4 Å². The van der Waals surface area contributed by atoms with Crippen LogP contribution in [0.2, 0.25) is 0 Å². The maximum atomic E-state index is 4.77. The van der Waals surface area contributed by atoms with Crippen molar-refractivity contribution < 1.29 is 0 Å². The molecule has 1 saturated carbocycles. The number of aryl methyl sites for hydroxylation is 4. The Kier molecular flexibility index (Phi) is 3.27. The van der Waals surface area contributed by atoms with E-state index in [4.69, 9.17) is 10.2 Å². The summed E-state index contributed by atoms with van der Waals surface area (Å²) in [6.07, 6.45) is 3.16. The Bertz CT molecular complexity index is 1140. The van der Waals surface area contributed by atoms with Gasteiger partial charge in [-0.1, -0.05) is 0 Å². The normalized spacial score (nSPS) is 19.4. The van der Waals surface area contributed by atoms with E-state index in [0.29, 0.717) is 11.8 Å². The smallest absolute Gasteiger partial charge is 0.180 e. The zero-order valence-corrected chi connectivity index (χ0v) is 15.9. The summed E-state index contributed by atoms with van der Waals surface area (Å²) in [7, 11) is 1.98. The van der Waals surface area contributed by atoms with Gasteiger partial charge in [-0.2, -0.15) is 14.7 Å². The van der Waals surface area contributed by atoms with E-state index in [1.54, 1.807) is 15.9 Å². The average Bonchev–Trinajstić information content (AvgIpc) is 2.91. The van der Waals surface area contributed by atoms with Crippen molar-refractivity contribution in [1.82, 2.24) is 34.6 Å². The van der Waals surface area contributed by atoms with Crippen LogP contribution in [-0.4, -0.2) is 34.6 Å². The molecule has 1 fully saturated rings. The number of hydrogen-bond acceptors (Lipinski definition) is 6. The number of aromatic nitrogens is 7. The van der Waals surface area contributed by atoms with Gasteiger partial charge in [0.15, 0.2) is 11.5 Å². The highest BCUT2D eigenvalue weighted by atomic mass is 32.1. The Morgan fingerprint density at radius 1 is 1.08 bits per heavy atom. The molecule has 1 aliphatic carbocycles. The molecule has 8 heteroatoms. The molecule has 1 aliphatic rings. The molecule has 5 rings (SSSR count). The van der Waals surface area contributed by atoms with Gasteiger partial charge in [-0.05, 0) is 44.9 Å². The van der Waals surface area contributed by atoms with Crippen molar-refractivity contribution in [2.24, 2.45) is 7.05 Å². The second kappa shape index (κ2) is 5.44. The lowest BCUT2D eigenvalue weighted by atomic mass is 10.2. The fourth-order valence-corrected chi connectivity index (χ4v) is 4.51. The molecule has 7 nitrogen and oxygen atoms in total. The van der Waals surface area contributed by atoms with Crippen LogP contribution in [0.1, 0.15) is 45.2 Å². The molecule has 4 heterocycles. The number of nitrogens with zero attached hydrogens (tertiary/aromatic N) is 7. The lowest BCUT2D eigenvalue weighted by Crippen LogP contribution is -2.02. The monoisotopic (exact) mass is 365 g/mol. The lowest BCUT2D eigenvalue weighted by molar-refractivity contribution is 0.742. The summed E-state index contributed by atoms with van der Waals surface area (Å²) < 4.78 is 3.73. The minimum Gasteiger partial charge on any atom is -0.266 e. The number of rotatable bonds is 3. The molecule has 0 unspecified atom stereocenters. The minimum atomic E-state index is 0.483. The Morgan fingerprint density at radius 2 is 1.92 bits per heavy atom. The van der Waals surface area contributed by atoms with E-state index in [0.717, 1.165) is 45.5 Å². The van der Waals surface area contributed by atoms with Crippen LogP contribution in [0, 0.1) is 20.8 Å². The van der Waals surface area contributed by atoms with E-state index >= 15 is 0 Å². The molecule has 132 valence electrons. The summed E-state index contributed by atoms with van der Waals surface area (Å²) in [4.78, 5) is 5.76. The first-order valence-corrected chi connectivity index (χ1v) is 9.49. The van der Waals surface area contributed by atoms with Crippen LogP contribution in [-0.2, 0) is 7.05 Å². The third kappa shape index (κ3) is 2.36. The highest BCUT2D eigenvalue weighted by molar-refractivity contribution is 7.11. The van der Waals surface area contributed by atoms with Gasteiger partial charge in [0.1, 0.15) is 5.69 Å². The first-order chi connectivity index (χ1) is 12.5. The van der Waals surface area contributed by atoms with Gasteiger partial charge < -0.3 is 0 Å². The van der Waals surface area contributed by atoms with E-state index in [9.17, 15) is 0 Å². The van der Waals surface area contributed by atoms with Gasteiger partial charge in [-0.3, -0.25) is 4.68 Å². The van der Waals surface area contributed by atoms with Crippen molar-refractivity contribution in [1.29, 1.82) is 0 Å². The molecule has 26 heavy (non-hydrogen) atoms. The van der Waals surface area contributed by atoms with Crippen molar-refractivity contribution in [2.45, 2.75) is 39.0 Å². The quantitative estimate of drug-likeness (QED) is 0.557. The topological polar surface area (TPSA) is 73.8 Å². The van der Waals surface area contributed by atoms with E-state index in [-0.39, 0.29) is 0 Å². The molecule has 0 bridgehead atoms. The first kappa shape index (κ1) is 15.6. The molecule has 4 aromatic heterocycles. The third-order valence-corrected chi connectivity index (χ3v) is 6.09. The Hall–Kier alpha value is -2.61. The summed E-state index contributed by atoms with van der Waals surface area (Å²) in [6.45, 7) is 6.01. The fourth-order valence-electron chi connectivity index (χ4n) is 3.55. The molecule has 0 amide bonds. The van der Waals surface area contributed by atoms with Crippen molar-refractivity contribution in [3.05, 3.63) is 45.3 Å². The van der Waals surface area contributed by atoms with E-state index in [1.807, 2.05) is 31.8 Å². The van der Waals surface area contributed by atoms with Crippen LogP contribution >= 0.6 is 11.3 Å². The van der Waals surface area contributed by atoms with Crippen LogP contribution in [0.4, 0.5) is 0 Å². The molecule has 2 atom stereocenters. The first-order valence-electron chi connectivity index (χ1n) is 8.67. The zero-order chi connectivity index (χ0) is 18.0. The molecule has 0 aromatic carbocycles. The van der Waals surface area contributed by atoms with E-state index in [2.05, 4.69) is 34.2 Å². The van der Waals surface area contributed by atoms with Crippen LogP contribution in [0.3, 0.4) is 0 Å². The maximum Gasteiger partial charge on any atom is 0.180 e. The SMILES string of the molecule is Cc1ncc([C@@H]2C[C@H]2c2cc(-c3cc(C)c4nnc(C)n4n3)n(C)n2)s1. The highest BCUT2D eigenvalue weighted by Crippen LogP contribution is 2.55. The van der Waals surface area contributed by atoms with Crippen molar-refractivity contribution >= 4 is 17.0 Å². The Labute approximate surface area is 154 Å². The van der Waals surface area contributed by atoms with Crippen molar-refractivity contribution in [3.63, 3.8) is 0 Å². The second-order valence-corrected chi connectivity index (χ2v) is 8.27. The van der Waals surface area contributed by atoms with Crippen LogP contribution in [0.15, 0.2) is 18.3 Å². The summed E-state index contributed by atoms with van der Waals surface area (Å²) in [5, 5.41) is 18.9. The van der Waals surface area contributed by atoms with Gasteiger partial charge in [0.2, 0.25) is 0 Å². The summed E-state index contributed by atoms with van der Waals surface area (Å²) >= 11 is 1.79. The minimum absolute atomic E-state index is 0.483. The molecule has 4 aromatic rings. The predicted octanol–water partition coefficient (Wildman–Crippen LogP) is 3.18. The van der Waals surface area contributed by atoms with E-state index < -0.39 is 0 Å². The van der Waals surface area contributed by atoms with Gasteiger partial charge in [-0.15, -0.1) is 21.5 Å². The van der Waals surface area contributed by atoms with Gasteiger partial charge in [-0.25, -0.2) is 4.98 Å². The predicted molar refractivity (Wildman–Crippen MR) is 99.4 cm³/mol. The Balaban J connectivity index is 1.51. The number of thiazole rings is 1. The molecule has 0 spiro atoms. The summed E-state index contributed by atoms with van der Waals surface area (Å²) in [6, 6.07) is 4.23. The highest BCUT2D eigenvalue weighted by Gasteiger charge is 2.42.